The fourth-order valence-electron chi connectivity index (χ4n) is 1.11. The van der Waals surface area contributed by atoms with E-state index >= 15 is 0 Å². The van der Waals surface area contributed by atoms with Gasteiger partial charge in [-0.2, -0.15) is 9.98 Å². The van der Waals surface area contributed by atoms with E-state index in [9.17, 15) is 9.59 Å². The zero-order valence-electron chi connectivity index (χ0n) is 15.9. The molecular formula is C17H28N4O7. The number of hydrogen-bond acceptors (Lipinski definition) is 11. The van der Waals surface area contributed by atoms with E-state index in [4.69, 9.17) is 20.1 Å². The summed E-state index contributed by atoms with van der Waals surface area (Å²) in [6.07, 6.45) is 2.49. The quantitative estimate of drug-likeness (QED) is 0.145. The number of benzene rings is 1. The molecule has 28 heavy (non-hydrogen) atoms. The van der Waals surface area contributed by atoms with E-state index in [1.807, 2.05) is 0 Å². The van der Waals surface area contributed by atoms with Crippen molar-refractivity contribution in [3.05, 3.63) is 23.8 Å². The highest BCUT2D eigenvalue weighted by Crippen LogP contribution is 2.26. The van der Waals surface area contributed by atoms with Crippen molar-refractivity contribution in [2.24, 2.45) is 21.7 Å². The molecule has 0 spiro atoms. The number of isocyanates is 2. The zero-order chi connectivity index (χ0) is 21.8. The molecule has 1 aromatic rings. The molecule has 0 aliphatic carbocycles. The first kappa shape index (κ1) is 27.9. The Hall–Kier alpha value is -2.30. The second-order valence-corrected chi connectivity index (χ2v) is 5.10. The number of carbonyl (C=O) groups excluding carboxylic acids is 2. The molecule has 0 bridgehead atoms. The van der Waals surface area contributed by atoms with Gasteiger partial charge in [0.2, 0.25) is 12.2 Å². The molecule has 2 aliphatic rings. The van der Waals surface area contributed by atoms with Crippen molar-refractivity contribution in [2.75, 3.05) is 33.0 Å². The molecule has 158 valence electrons. The molecule has 2 saturated heterocycles. The summed E-state index contributed by atoms with van der Waals surface area (Å²) in [5, 5.41) is 24.0. The molecule has 1 unspecified atom stereocenters. The molecule has 0 amide bonds. The molecular weight excluding hydrogens is 372 g/mol. The molecule has 0 radical (unpaired) electrons. The van der Waals surface area contributed by atoms with Crippen molar-refractivity contribution < 1.29 is 34.4 Å². The Morgan fingerprint density at radius 1 is 1.14 bits per heavy atom. The Kier molecular flexibility index (Phi) is 19.4. The summed E-state index contributed by atoms with van der Waals surface area (Å²) in [4.78, 5) is 26.9. The van der Waals surface area contributed by atoms with Crippen LogP contribution in [0, 0.1) is 6.92 Å². The maximum atomic E-state index is 10.00. The second-order valence-electron chi connectivity index (χ2n) is 5.10. The van der Waals surface area contributed by atoms with Crippen LogP contribution in [0.1, 0.15) is 12.5 Å². The van der Waals surface area contributed by atoms with E-state index in [0.29, 0.717) is 23.0 Å². The molecule has 11 heteroatoms. The van der Waals surface area contributed by atoms with Crippen LogP contribution < -0.4 is 11.7 Å². The highest BCUT2D eigenvalue weighted by atomic mass is 16.6. The van der Waals surface area contributed by atoms with Crippen LogP contribution in [0.5, 0.6) is 0 Å². The Bertz CT molecular complexity index is 569. The number of hydrazine groups is 1. The lowest BCUT2D eigenvalue weighted by Gasteiger charge is -1.99. The fraction of sp³-hybridized carbons (Fsp3) is 0.529. The molecule has 2 fully saturated rings. The Labute approximate surface area is 163 Å². The first-order chi connectivity index (χ1) is 13.5. The first-order valence-corrected chi connectivity index (χ1v) is 8.17. The molecule has 7 N–H and O–H groups in total. The van der Waals surface area contributed by atoms with Crippen molar-refractivity contribution >= 4 is 23.5 Å². The topological polar surface area (TPSA) is 197 Å². The van der Waals surface area contributed by atoms with Gasteiger partial charge in [-0.15, -0.1) is 0 Å². The summed E-state index contributed by atoms with van der Waals surface area (Å²) < 4.78 is 9.21. The van der Waals surface area contributed by atoms with Crippen LogP contribution in [-0.2, 0) is 19.1 Å². The van der Waals surface area contributed by atoms with Gasteiger partial charge in [0.05, 0.1) is 50.5 Å². The third-order valence-electron chi connectivity index (χ3n) is 2.73. The van der Waals surface area contributed by atoms with Crippen LogP contribution in [0.25, 0.3) is 0 Å². The minimum absolute atomic E-state index is 0.365. The van der Waals surface area contributed by atoms with Crippen molar-refractivity contribution in [1.29, 1.82) is 0 Å². The van der Waals surface area contributed by atoms with Gasteiger partial charge in [-0.05, 0) is 26.0 Å². The van der Waals surface area contributed by atoms with Crippen LogP contribution in [0.15, 0.2) is 28.2 Å². The molecule has 0 aromatic heterocycles. The van der Waals surface area contributed by atoms with Crippen molar-refractivity contribution in [3.63, 3.8) is 0 Å². The SMILES string of the molecule is C1CO1.CC1CO1.Cc1c(N=C=O)cccc1N=C=O.NN.OCC(O)CO. The molecule has 3 rings (SSSR count). The number of aliphatic hydroxyl groups excluding tert-OH is 3. The number of rotatable bonds is 4. The van der Waals surface area contributed by atoms with E-state index in [1.54, 1.807) is 25.1 Å². The van der Waals surface area contributed by atoms with Crippen molar-refractivity contribution in [1.82, 2.24) is 0 Å². The number of ether oxygens (including phenoxy) is 2. The van der Waals surface area contributed by atoms with E-state index < -0.39 is 6.10 Å². The van der Waals surface area contributed by atoms with Gasteiger partial charge in [-0.3, -0.25) is 11.7 Å². The Morgan fingerprint density at radius 3 is 1.68 bits per heavy atom. The zero-order valence-corrected chi connectivity index (χ0v) is 15.9. The number of hydrogen-bond donors (Lipinski definition) is 5. The second kappa shape index (κ2) is 19.5. The predicted octanol–water partition coefficient (Wildman–Crippen LogP) is -0.498. The van der Waals surface area contributed by atoms with E-state index in [-0.39, 0.29) is 13.2 Å². The fourth-order valence-corrected chi connectivity index (χ4v) is 1.11. The summed E-state index contributed by atoms with van der Waals surface area (Å²) in [6, 6.07) is 4.94. The maximum Gasteiger partial charge on any atom is 0.240 e. The lowest BCUT2D eigenvalue weighted by Crippen LogP contribution is -2.15. The van der Waals surface area contributed by atoms with Crippen LogP contribution in [0.3, 0.4) is 0 Å². The van der Waals surface area contributed by atoms with Gasteiger partial charge in [0.15, 0.2) is 0 Å². The van der Waals surface area contributed by atoms with Gasteiger partial charge in [0.1, 0.15) is 6.10 Å². The number of aliphatic hydroxyl groups is 3. The third-order valence-corrected chi connectivity index (χ3v) is 2.73. The number of nitrogens with zero attached hydrogens (tertiary/aromatic N) is 2. The normalized spacial score (nSPS) is 14.5. The lowest BCUT2D eigenvalue weighted by atomic mass is 10.1. The maximum absolute atomic E-state index is 10.00. The van der Waals surface area contributed by atoms with E-state index in [1.165, 1.54) is 12.2 Å². The van der Waals surface area contributed by atoms with Crippen LogP contribution >= 0.6 is 0 Å². The molecule has 1 atom stereocenters. The highest BCUT2D eigenvalue weighted by molar-refractivity contribution is 5.64. The van der Waals surface area contributed by atoms with Gasteiger partial charge in [0, 0.05) is 5.56 Å². The largest absolute Gasteiger partial charge is 0.394 e. The van der Waals surface area contributed by atoms with Gasteiger partial charge in [-0.25, -0.2) is 9.59 Å². The third kappa shape index (κ3) is 18.5. The number of aliphatic imine (C=N–C) groups is 2. The summed E-state index contributed by atoms with van der Waals surface area (Å²) >= 11 is 0. The average Bonchev–Trinajstić information content (AvgIpc) is 3.63. The summed E-state index contributed by atoms with van der Waals surface area (Å²) in [5.41, 5.74) is 1.59. The summed E-state index contributed by atoms with van der Waals surface area (Å²) in [5.74, 6) is 8.00. The predicted molar refractivity (Wildman–Crippen MR) is 102 cm³/mol. The van der Waals surface area contributed by atoms with Gasteiger partial charge in [-0.1, -0.05) is 6.07 Å². The molecule has 2 heterocycles. The Balaban J connectivity index is 0. The van der Waals surface area contributed by atoms with E-state index in [0.717, 1.165) is 19.8 Å². The standard InChI is InChI=1S/C9H6N2O2.C3H8O3.C3H6O.C2H4O.H4N2/c1-7-8(10-5-12)3-2-4-9(7)11-6-13;4-1-3(6)2-5;1-3-2-4-3;1-2-3-1;1-2/h2-4H,1H3;3-6H,1-2H2;3H,2H2,1H3;1-2H2;1-2H2. The van der Waals surface area contributed by atoms with Crippen molar-refractivity contribution in [3.8, 4) is 0 Å². The van der Waals surface area contributed by atoms with Gasteiger partial charge >= 0.3 is 0 Å². The lowest BCUT2D eigenvalue weighted by molar-refractivity contribution is 0.0450. The van der Waals surface area contributed by atoms with Crippen molar-refractivity contribution in [2.45, 2.75) is 26.1 Å². The average molecular weight is 400 g/mol. The Morgan fingerprint density at radius 2 is 1.50 bits per heavy atom. The molecule has 11 nitrogen and oxygen atoms in total. The highest BCUT2D eigenvalue weighted by Gasteiger charge is 2.13. The number of nitrogens with two attached hydrogens (primary N) is 2. The van der Waals surface area contributed by atoms with Gasteiger partial charge < -0.3 is 24.8 Å². The van der Waals surface area contributed by atoms with Gasteiger partial charge in [0.25, 0.3) is 0 Å². The summed E-state index contributed by atoms with van der Waals surface area (Å²) in [7, 11) is 0. The molecule has 0 saturated carbocycles. The minimum Gasteiger partial charge on any atom is -0.394 e. The summed E-state index contributed by atoms with van der Waals surface area (Å²) in [6.45, 7) is 6.03. The minimum atomic E-state index is -0.954. The monoisotopic (exact) mass is 400 g/mol. The number of epoxide rings is 2. The van der Waals surface area contributed by atoms with Crippen LogP contribution in [0.4, 0.5) is 11.4 Å². The first-order valence-electron chi connectivity index (χ1n) is 8.17. The van der Waals surface area contributed by atoms with Crippen LogP contribution in [0.2, 0.25) is 0 Å². The molecule has 1 aromatic carbocycles. The van der Waals surface area contributed by atoms with Crippen LogP contribution in [-0.4, -0.2) is 72.7 Å². The molecule has 2 aliphatic heterocycles. The van der Waals surface area contributed by atoms with E-state index in [2.05, 4.69) is 33.3 Å². The smallest absolute Gasteiger partial charge is 0.240 e.